The minimum atomic E-state index is -0.0825. The third-order valence-corrected chi connectivity index (χ3v) is 3.87. The van der Waals surface area contributed by atoms with Crippen molar-refractivity contribution in [3.05, 3.63) is 0 Å². The summed E-state index contributed by atoms with van der Waals surface area (Å²) in [6.07, 6.45) is 4.64. The molecule has 1 aliphatic carbocycles. The summed E-state index contributed by atoms with van der Waals surface area (Å²) in [4.78, 5) is 25.6. The Hall–Kier alpha value is -1.10. The Morgan fingerprint density at radius 2 is 1.85 bits per heavy atom. The molecule has 1 saturated carbocycles. The predicted molar refractivity (Wildman–Crippen MR) is 80.1 cm³/mol. The number of rotatable bonds is 6. The molecule has 20 heavy (non-hydrogen) atoms. The fourth-order valence-corrected chi connectivity index (χ4v) is 2.69. The highest BCUT2D eigenvalue weighted by Gasteiger charge is 2.24. The molecule has 1 rings (SSSR count). The topological polar surface area (TPSA) is 75.4 Å². The summed E-state index contributed by atoms with van der Waals surface area (Å²) in [6.45, 7) is 6.50. The van der Waals surface area contributed by atoms with Crippen LogP contribution in [0.3, 0.4) is 0 Å². The molecule has 0 aromatic heterocycles. The van der Waals surface area contributed by atoms with Crippen LogP contribution in [-0.4, -0.2) is 41.9 Å². The van der Waals surface area contributed by atoms with Gasteiger partial charge in [0.1, 0.15) is 0 Å². The van der Waals surface area contributed by atoms with Crippen LogP contribution in [0.4, 0.5) is 0 Å². The summed E-state index contributed by atoms with van der Waals surface area (Å²) >= 11 is 0. The second-order valence-electron chi connectivity index (χ2n) is 6.12. The lowest BCUT2D eigenvalue weighted by molar-refractivity contribution is -0.137. The van der Waals surface area contributed by atoms with Crippen LogP contribution in [0.1, 0.15) is 52.9 Å². The van der Waals surface area contributed by atoms with Gasteiger partial charge in [-0.3, -0.25) is 9.59 Å². The molecule has 1 aliphatic rings. The van der Waals surface area contributed by atoms with Gasteiger partial charge in [0.15, 0.2) is 0 Å². The minimum Gasteiger partial charge on any atom is -0.352 e. The smallest absolute Gasteiger partial charge is 0.239 e. The van der Waals surface area contributed by atoms with E-state index in [1.54, 1.807) is 4.90 Å². The van der Waals surface area contributed by atoms with Crippen molar-refractivity contribution < 1.29 is 9.59 Å². The Labute approximate surface area is 122 Å². The maximum atomic E-state index is 12.3. The maximum absolute atomic E-state index is 12.3. The van der Waals surface area contributed by atoms with Crippen LogP contribution >= 0.6 is 0 Å². The minimum absolute atomic E-state index is 0.0825. The largest absolute Gasteiger partial charge is 0.352 e. The van der Waals surface area contributed by atoms with Crippen LogP contribution in [0.25, 0.3) is 0 Å². The van der Waals surface area contributed by atoms with Crippen molar-refractivity contribution in [1.82, 2.24) is 10.2 Å². The standard InChI is InChI=1S/C15H29N3O2/c1-4-18(10-14(19)17-11(2)3)15(20)9-12-5-7-13(16)8-6-12/h11-13H,4-10,16H2,1-3H3,(H,17,19). The lowest BCUT2D eigenvalue weighted by Crippen LogP contribution is -2.43. The number of carbonyl (C=O) groups is 2. The summed E-state index contributed by atoms with van der Waals surface area (Å²) in [5.41, 5.74) is 5.88. The summed E-state index contributed by atoms with van der Waals surface area (Å²) in [6, 6.07) is 0.414. The van der Waals surface area contributed by atoms with E-state index in [2.05, 4.69) is 5.32 Å². The number of hydrogen-bond acceptors (Lipinski definition) is 3. The van der Waals surface area contributed by atoms with Gasteiger partial charge in [0.2, 0.25) is 11.8 Å². The molecule has 0 heterocycles. The monoisotopic (exact) mass is 283 g/mol. The molecule has 2 amide bonds. The first-order valence-electron chi connectivity index (χ1n) is 7.75. The van der Waals surface area contributed by atoms with E-state index in [1.807, 2.05) is 20.8 Å². The van der Waals surface area contributed by atoms with Gasteiger partial charge in [-0.05, 0) is 52.4 Å². The number of hydrogen-bond donors (Lipinski definition) is 2. The molecule has 0 unspecified atom stereocenters. The quantitative estimate of drug-likeness (QED) is 0.770. The van der Waals surface area contributed by atoms with Crippen molar-refractivity contribution in [3.8, 4) is 0 Å². The number of likely N-dealkylation sites (N-methyl/N-ethyl adjacent to an activating group) is 1. The van der Waals surface area contributed by atoms with Crippen LogP contribution in [0.2, 0.25) is 0 Å². The van der Waals surface area contributed by atoms with Gasteiger partial charge < -0.3 is 16.0 Å². The third kappa shape index (κ3) is 5.90. The molecule has 0 aliphatic heterocycles. The van der Waals surface area contributed by atoms with Gasteiger partial charge >= 0.3 is 0 Å². The first-order chi connectivity index (χ1) is 9.42. The Balaban J connectivity index is 2.40. The molecular formula is C15H29N3O2. The van der Waals surface area contributed by atoms with E-state index in [0.717, 1.165) is 25.7 Å². The molecule has 0 bridgehead atoms. The average molecular weight is 283 g/mol. The van der Waals surface area contributed by atoms with Crippen molar-refractivity contribution in [3.63, 3.8) is 0 Å². The van der Waals surface area contributed by atoms with E-state index < -0.39 is 0 Å². The third-order valence-electron chi connectivity index (χ3n) is 3.87. The molecule has 0 saturated heterocycles. The zero-order valence-electron chi connectivity index (χ0n) is 13.0. The Morgan fingerprint density at radius 1 is 1.25 bits per heavy atom. The Morgan fingerprint density at radius 3 is 2.35 bits per heavy atom. The van der Waals surface area contributed by atoms with E-state index in [-0.39, 0.29) is 24.4 Å². The lowest BCUT2D eigenvalue weighted by Gasteiger charge is -2.28. The van der Waals surface area contributed by atoms with Gasteiger partial charge in [0.25, 0.3) is 0 Å². The molecule has 0 atom stereocenters. The number of nitrogens with one attached hydrogen (secondary N) is 1. The summed E-state index contributed by atoms with van der Waals surface area (Å²) in [7, 11) is 0. The second-order valence-corrected chi connectivity index (χ2v) is 6.12. The van der Waals surface area contributed by atoms with Crippen LogP contribution in [-0.2, 0) is 9.59 Å². The van der Waals surface area contributed by atoms with Crippen molar-refractivity contribution >= 4 is 11.8 Å². The van der Waals surface area contributed by atoms with Gasteiger partial charge in [-0.2, -0.15) is 0 Å². The van der Waals surface area contributed by atoms with E-state index in [1.165, 1.54) is 0 Å². The van der Waals surface area contributed by atoms with Crippen LogP contribution in [0.15, 0.2) is 0 Å². The van der Waals surface area contributed by atoms with E-state index in [0.29, 0.717) is 24.9 Å². The van der Waals surface area contributed by atoms with Crippen molar-refractivity contribution in [2.45, 2.75) is 65.0 Å². The van der Waals surface area contributed by atoms with Crippen LogP contribution in [0.5, 0.6) is 0 Å². The molecule has 116 valence electrons. The van der Waals surface area contributed by atoms with E-state index in [9.17, 15) is 9.59 Å². The van der Waals surface area contributed by atoms with Crippen molar-refractivity contribution in [2.24, 2.45) is 11.7 Å². The molecule has 5 nitrogen and oxygen atoms in total. The summed E-state index contributed by atoms with van der Waals surface area (Å²) in [5, 5.41) is 2.82. The van der Waals surface area contributed by atoms with Gasteiger partial charge in [0, 0.05) is 25.0 Å². The molecular weight excluding hydrogens is 254 g/mol. The fraction of sp³-hybridized carbons (Fsp3) is 0.867. The number of carbonyl (C=O) groups excluding carboxylic acids is 2. The number of nitrogens with zero attached hydrogens (tertiary/aromatic N) is 1. The molecule has 3 N–H and O–H groups in total. The van der Waals surface area contributed by atoms with Gasteiger partial charge in [-0.1, -0.05) is 0 Å². The van der Waals surface area contributed by atoms with Crippen LogP contribution < -0.4 is 11.1 Å². The predicted octanol–water partition coefficient (Wildman–Crippen LogP) is 1.27. The molecule has 1 fully saturated rings. The lowest BCUT2D eigenvalue weighted by atomic mass is 9.84. The molecule has 0 spiro atoms. The zero-order chi connectivity index (χ0) is 15.1. The number of amides is 2. The van der Waals surface area contributed by atoms with Crippen LogP contribution in [0, 0.1) is 5.92 Å². The Bertz CT molecular complexity index is 323. The molecule has 0 aromatic carbocycles. The van der Waals surface area contributed by atoms with E-state index in [4.69, 9.17) is 5.73 Å². The highest BCUT2D eigenvalue weighted by molar-refractivity contribution is 5.85. The highest BCUT2D eigenvalue weighted by Crippen LogP contribution is 2.26. The first kappa shape index (κ1) is 17.0. The normalized spacial score (nSPS) is 22.6. The average Bonchev–Trinajstić information content (AvgIpc) is 2.37. The summed E-state index contributed by atoms with van der Waals surface area (Å²) < 4.78 is 0. The first-order valence-corrected chi connectivity index (χ1v) is 7.75. The van der Waals surface area contributed by atoms with Gasteiger partial charge in [-0.25, -0.2) is 0 Å². The Kier molecular flexibility index (Phi) is 6.99. The SMILES string of the molecule is CCN(CC(=O)NC(C)C)C(=O)CC1CCC(N)CC1. The zero-order valence-corrected chi connectivity index (χ0v) is 13.0. The fourth-order valence-electron chi connectivity index (χ4n) is 2.69. The number of nitrogens with two attached hydrogens (primary N) is 1. The van der Waals surface area contributed by atoms with Crippen molar-refractivity contribution in [1.29, 1.82) is 0 Å². The van der Waals surface area contributed by atoms with E-state index >= 15 is 0 Å². The highest BCUT2D eigenvalue weighted by atomic mass is 16.2. The molecule has 5 heteroatoms. The van der Waals surface area contributed by atoms with Gasteiger partial charge in [0.05, 0.1) is 6.54 Å². The summed E-state index contributed by atoms with van der Waals surface area (Å²) in [5.74, 6) is 0.442. The van der Waals surface area contributed by atoms with Crippen molar-refractivity contribution in [2.75, 3.05) is 13.1 Å². The van der Waals surface area contributed by atoms with Gasteiger partial charge in [-0.15, -0.1) is 0 Å². The maximum Gasteiger partial charge on any atom is 0.239 e. The second kappa shape index (κ2) is 8.25. The molecule has 0 radical (unpaired) electrons. The molecule has 0 aromatic rings.